The molecule has 1 fully saturated rings. The average Bonchev–Trinajstić information content (AvgIpc) is 2.04. The zero-order chi connectivity index (χ0) is 9.68. The molecule has 0 atom stereocenters. The van der Waals surface area contributed by atoms with Crippen LogP contribution in [0.3, 0.4) is 0 Å². The first-order valence-corrected chi connectivity index (χ1v) is 4.99. The van der Waals surface area contributed by atoms with Gasteiger partial charge in [-0.25, -0.2) is 5.01 Å². The van der Waals surface area contributed by atoms with E-state index in [0.717, 1.165) is 26.3 Å². The number of rotatable bonds is 2. The van der Waals surface area contributed by atoms with Gasteiger partial charge in [-0.15, -0.1) is 0 Å². The molecule has 1 aliphatic heterocycles. The van der Waals surface area contributed by atoms with Crippen LogP contribution in [0.4, 0.5) is 0 Å². The fraction of sp³-hybridized carbons (Fsp3) is 0.875. The fourth-order valence-electron chi connectivity index (χ4n) is 1.11. The quantitative estimate of drug-likeness (QED) is 0.623. The summed E-state index contributed by atoms with van der Waals surface area (Å²) in [6, 6.07) is 0.376. The molecule has 0 aromatic heterocycles. The highest BCUT2D eigenvalue weighted by atomic mass is 32.1. The van der Waals surface area contributed by atoms with Gasteiger partial charge in [-0.05, 0) is 26.1 Å². The van der Waals surface area contributed by atoms with E-state index in [0.29, 0.717) is 11.2 Å². The van der Waals surface area contributed by atoms with Crippen LogP contribution in [-0.2, 0) is 4.74 Å². The first kappa shape index (κ1) is 10.7. The summed E-state index contributed by atoms with van der Waals surface area (Å²) in [7, 11) is 0. The minimum Gasteiger partial charge on any atom is -0.379 e. The maximum atomic E-state index is 5.22. The Hall–Kier alpha value is -0.390. The number of hydrazine groups is 1. The lowest BCUT2D eigenvalue weighted by Gasteiger charge is -2.28. The summed E-state index contributed by atoms with van der Waals surface area (Å²) in [5, 5.41) is 5.89. The Balaban J connectivity index is 2.18. The summed E-state index contributed by atoms with van der Waals surface area (Å²) >= 11 is 5.11. The standard InChI is InChI=1S/C8H17N3OS/c1-7(2)9-8(13)10-11-3-5-12-6-4-11/h7H,3-6H2,1-2H3,(H2,9,10,13). The lowest BCUT2D eigenvalue weighted by Crippen LogP contribution is -2.52. The maximum Gasteiger partial charge on any atom is 0.181 e. The van der Waals surface area contributed by atoms with Gasteiger partial charge < -0.3 is 10.1 Å². The lowest BCUT2D eigenvalue weighted by atomic mass is 10.4. The van der Waals surface area contributed by atoms with Crippen LogP contribution in [0.2, 0.25) is 0 Å². The molecule has 0 bridgehead atoms. The second-order valence-corrected chi connectivity index (χ2v) is 3.75. The Kier molecular flexibility index (Phi) is 4.41. The second-order valence-electron chi connectivity index (χ2n) is 3.34. The van der Waals surface area contributed by atoms with Crippen LogP contribution in [0.25, 0.3) is 0 Å². The molecule has 1 rings (SSSR count). The van der Waals surface area contributed by atoms with Crippen molar-refractivity contribution < 1.29 is 4.74 Å². The first-order valence-electron chi connectivity index (χ1n) is 4.58. The first-order chi connectivity index (χ1) is 6.18. The minimum atomic E-state index is 0.376. The van der Waals surface area contributed by atoms with Gasteiger partial charge in [0.25, 0.3) is 0 Å². The van der Waals surface area contributed by atoms with E-state index in [1.54, 1.807) is 0 Å². The number of nitrogens with one attached hydrogen (secondary N) is 2. The SMILES string of the molecule is CC(C)NC(=S)NN1CCOCC1. The van der Waals surface area contributed by atoms with Crippen LogP contribution >= 0.6 is 12.2 Å². The maximum absolute atomic E-state index is 5.22. The lowest BCUT2D eigenvalue weighted by molar-refractivity contribution is 0.0246. The van der Waals surface area contributed by atoms with Crippen molar-refractivity contribution in [1.29, 1.82) is 0 Å². The second kappa shape index (κ2) is 5.36. The molecule has 4 nitrogen and oxygen atoms in total. The molecule has 1 heterocycles. The predicted octanol–water partition coefficient (Wildman–Crippen LogP) is 0.106. The summed E-state index contributed by atoms with van der Waals surface area (Å²) in [4.78, 5) is 0. The van der Waals surface area contributed by atoms with Crippen LogP contribution in [0, 0.1) is 0 Å². The van der Waals surface area contributed by atoms with Crippen molar-refractivity contribution in [1.82, 2.24) is 15.8 Å². The minimum absolute atomic E-state index is 0.376. The number of ether oxygens (including phenoxy) is 1. The number of hydrogen-bond donors (Lipinski definition) is 2. The monoisotopic (exact) mass is 203 g/mol. The van der Waals surface area contributed by atoms with E-state index in [9.17, 15) is 0 Å². The third-order valence-corrected chi connectivity index (χ3v) is 1.90. The van der Waals surface area contributed by atoms with Gasteiger partial charge in [-0.1, -0.05) is 0 Å². The molecule has 0 amide bonds. The van der Waals surface area contributed by atoms with Gasteiger partial charge in [0.1, 0.15) is 0 Å². The largest absolute Gasteiger partial charge is 0.379 e. The van der Waals surface area contributed by atoms with Gasteiger partial charge in [0, 0.05) is 19.1 Å². The van der Waals surface area contributed by atoms with Gasteiger partial charge in [-0.2, -0.15) is 0 Å². The van der Waals surface area contributed by atoms with Gasteiger partial charge in [0.2, 0.25) is 0 Å². The molecule has 13 heavy (non-hydrogen) atoms. The third kappa shape index (κ3) is 4.40. The Morgan fingerprint density at radius 2 is 2.00 bits per heavy atom. The molecular weight excluding hydrogens is 186 g/mol. The highest BCUT2D eigenvalue weighted by molar-refractivity contribution is 7.80. The van der Waals surface area contributed by atoms with Crippen LogP contribution in [0.5, 0.6) is 0 Å². The molecule has 0 aliphatic carbocycles. The number of nitrogens with zero attached hydrogens (tertiary/aromatic N) is 1. The highest BCUT2D eigenvalue weighted by Gasteiger charge is 2.10. The Labute approximate surface area is 84.6 Å². The molecular formula is C8H17N3OS. The zero-order valence-corrected chi connectivity index (χ0v) is 8.99. The van der Waals surface area contributed by atoms with Crippen LogP contribution < -0.4 is 10.7 Å². The van der Waals surface area contributed by atoms with Gasteiger partial charge in [0.05, 0.1) is 13.2 Å². The zero-order valence-electron chi connectivity index (χ0n) is 8.17. The van der Waals surface area contributed by atoms with Crippen molar-refractivity contribution in [3.8, 4) is 0 Å². The Bertz CT molecular complexity index is 169. The van der Waals surface area contributed by atoms with Crippen molar-refractivity contribution in [3.63, 3.8) is 0 Å². The van der Waals surface area contributed by atoms with Crippen molar-refractivity contribution in [3.05, 3.63) is 0 Å². The predicted molar refractivity (Wildman–Crippen MR) is 56.4 cm³/mol. The molecule has 5 heteroatoms. The van der Waals surface area contributed by atoms with Crippen molar-refractivity contribution in [2.75, 3.05) is 26.3 Å². The van der Waals surface area contributed by atoms with E-state index >= 15 is 0 Å². The van der Waals surface area contributed by atoms with E-state index < -0.39 is 0 Å². The fourth-order valence-corrected chi connectivity index (χ4v) is 1.48. The number of thiocarbonyl (C=S) groups is 1. The third-order valence-electron chi connectivity index (χ3n) is 1.69. The Morgan fingerprint density at radius 1 is 1.38 bits per heavy atom. The molecule has 0 spiro atoms. The summed E-state index contributed by atoms with van der Waals surface area (Å²) in [5.41, 5.74) is 3.12. The summed E-state index contributed by atoms with van der Waals surface area (Å²) in [6.45, 7) is 7.45. The molecule has 1 saturated heterocycles. The topological polar surface area (TPSA) is 36.5 Å². The molecule has 0 aromatic carbocycles. The smallest absolute Gasteiger partial charge is 0.181 e. The normalized spacial score (nSPS) is 18.7. The summed E-state index contributed by atoms with van der Waals surface area (Å²) in [5.74, 6) is 0. The van der Waals surface area contributed by atoms with Crippen molar-refractivity contribution >= 4 is 17.3 Å². The van der Waals surface area contributed by atoms with E-state index in [1.807, 2.05) is 0 Å². The van der Waals surface area contributed by atoms with Crippen molar-refractivity contribution in [2.45, 2.75) is 19.9 Å². The van der Waals surface area contributed by atoms with Gasteiger partial charge in [0.15, 0.2) is 5.11 Å². The van der Waals surface area contributed by atoms with Gasteiger partial charge >= 0.3 is 0 Å². The van der Waals surface area contributed by atoms with Gasteiger partial charge in [-0.3, -0.25) is 5.43 Å². The van der Waals surface area contributed by atoms with E-state index in [4.69, 9.17) is 17.0 Å². The van der Waals surface area contributed by atoms with E-state index in [1.165, 1.54) is 0 Å². The van der Waals surface area contributed by atoms with Crippen molar-refractivity contribution in [2.24, 2.45) is 0 Å². The Morgan fingerprint density at radius 3 is 2.54 bits per heavy atom. The van der Waals surface area contributed by atoms with Crippen LogP contribution in [0.1, 0.15) is 13.8 Å². The van der Waals surface area contributed by atoms with E-state index in [-0.39, 0.29) is 0 Å². The molecule has 2 N–H and O–H groups in total. The molecule has 0 unspecified atom stereocenters. The number of hydrogen-bond acceptors (Lipinski definition) is 3. The van der Waals surface area contributed by atoms with Crippen LogP contribution in [0.15, 0.2) is 0 Å². The highest BCUT2D eigenvalue weighted by Crippen LogP contribution is 1.92. The molecule has 76 valence electrons. The average molecular weight is 203 g/mol. The van der Waals surface area contributed by atoms with E-state index in [2.05, 4.69) is 29.6 Å². The summed E-state index contributed by atoms with van der Waals surface area (Å²) in [6.07, 6.45) is 0. The van der Waals surface area contributed by atoms with Crippen LogP contribution in [-0.4, -0.2) is 42.5 Å². The molecule has 0 aromatic rings. The summed E-state index contributed by atoms with van der Waals surface area (Å²) < 4.78 is 5.22. The molecule has 0 saturated carbocycles. The molecule has 0 radical (unpaired) electrons. The number of morpholine rings is 1. The molecule has 1 aliphatic rings.